The molecule has 2 aromatic rings. The monoisotopic (exact) mass is 278 g/mol. The molecular formula is C14H16F2N4. The summed E-state index contributed by atoms with van der Waals surface area (Å²) in [6.45, 7) is 2.14. The molecule has 6 heteroatoms. The van der Waals surface area contributed by atoms with Crippen LogP contribution in [-0.4, -0.2) is 29.1 Å². The Kier molecular flexibility index (Phi) is 3.64. The van der Waals surface area contributed by atoms with Crippen LogP contribution in [0.4, 0.5) is 14.5 Å². The van der Waals surface area contributed by atoms with Crippen molar-refractivity contribution in [2.75, 3.05) is 18.0 Å². The lowest BCUT2D eigenvalue weighted by Crippen LogP contribution is -2.32. The SMILES string of the molecule is Fc1ccc(N2CC[C@@H](NCc3ncc[nH]3)C2)c(F)c1. The van der Waals surface area contributed by atoms with Crippen molar-refractivity contribution in [3.8, 4) is 0 Å². The van der Waals surface area contributed by atoms with Gasteiger partial charge >= 0.3 is 0 Å². The van der Waals surface area contributed by atoms with Crippen molar-refractivity contribution in [2.45, 2.75) is 19.0 Å². The third kappa shape index (κ3) is 2.80. The van der Waals surface area contributed by atoms with Crippen LogP contribution in [0.3, 0.4) is 0 Å². The molecule has 0 unspecified atom stereocenters. The second kappa shape index (κ2) is 5.58. The maximum Gasteiger partial charge on any atom is 0.149 e. The number of imidazole rings is 1. The van der Waals surface area contributed by atoms with E-state index >= 15 is 0 Å². The van der Waals surface area contributed by atoms with E-state index in [0.717, 1.165) is 24.9 Å². The van der Waals surface area contributed by atoms with E-state index in [1.165, 1.54) is 12.1 Å². The fraction of sp³-hybridized carbons (Fsp3) is 0.357. The van der Waals surface area contributed by atoms with Crippen molar-refractivity contribution in [2.24, 2.45) is 0 Å². The molecule has 1 fully saturated rings. The van der Waals surface area contributed by atoms with Crippen LogP contribution in [0, 0.1) is 11.6 Å². The third-order valence-electron chi connectivity index (χ3n) is 3.55. The molecule has 1 atom stereocenters. The molecule has 3 rings (SSSR count). The van der Waals surface area contributed by atoms with Crippen LogP contribution in [0.2, 0.25) is 0 Å². The van der Waals surface area contributed by atoms with E-state index in [-0.39, 0.29) is 6.04 Å². The largest absolute Gasteiger partial charge is 0.368 e. The Morgan fingerprint density at radius 3 is 3.05 bits per heavy atom. The number of nitrogens with one attached hydrogen (secondary N) is 2. The number of benzene rings is 1. The van der Waals surface area contributed by atoms with Gasteiger partial charge in [0.1, 0.15) is 17.5 Å². The molecule has 2 heterocycles. The number of halogens is 2. The van der Waals surface area contributed by atoms with Gasteiger partial charge in [0.2, 0.25) is 0 Å². The Morgan fingerprint density at radius 2 is 2.30 bits per heavy atom. The molecule has 1 aromatic carbocycles. The number of H-pyrrole nitrogens is 1. The third-order valence-corrected chi connectivity index (χ3v) is 3.55. The maximum absolute atomic E-state index is 13.7. The fourth-order valence-electron chi connectivity index (χ4n) is 2.52. The van der Waals surface area contributed by atoms with Crippen molar-refractivity contribution < 1.29 is 8.78 Å². The summed E-state index contributed by atoms with van der Waals surface area (Å²) in [4.78, 5) is 9.11. The molecule has 0 bridgehead atoms. The lowest BCUT2D eigenvalue weighted by atomic mass is 10.2. The summed E-state index contributed by atoms with van der Waals surface area (Å²) >= 11 is 0. The highest BCUT2D eigenvalue weighted by atomic mass is 19.1. The lowest BCUT2D eigenvalue weighted by molar-refractivity contribution is 0.539. The summed E-state index contributed by atoms with van der Waals surface area (Å²) in [5.74, 6) is -0.161. The van der Waals surface area contributed by atoms with Gasteiger partial charge < -0.3 is 15.2 Å². The van der Waals surface area contributed by atoms with E-state index in [1.54, 1.807) is 12.4 Å². The predicted molar refractivity (Wildman–Crippen MR) is 72.4 cm³/mol. The second-order valence-electron chi connectivity index (χ2n) is 4.94. The van der Waals surface area contributed by atoms with Crippen molar-refractivity contribution >= 4 is 5.69 Å². The van der Waals surface area contributed by atoms with E-state index in [0.29, 0.717) is 18.8 Å². The molecule has 0 amide bonds. The van der Waals surface area contributed by atoms with Gasteiger partial charge in [-0.2, -0.15) is 0 Å². The number of anilines is 1. The van der Waals surface area contributed by atoms with Crippen molar-refractivity contribution in [1.82, 2.24) is 15.3 Å². The Balaban J connectivity index is 1.59. The first-order valence-corrected chi connectivity index (χ1v) is 6.64. The van der Waals surface area contributed by atoms with Gasteiger partial charge in [-0.15, -0.1) is 0 Å². The van der Waals surface area contributed by atoms with Crippen LogP contribution < -0.4 is 10.2 Å². The van der Waals surface area contributed by atoms with Gasteiger partial charge in [0.25, 0.3) is 0 Å². The number of aromatic amines is 1. The molecule has 0 radical (unpaired) electrons. The van der Waals surface area contributed by atoms with E-state index in [9.17, 15) is 8.78 Å². The molecular weight excluding hydrogens is 262 g/mol. The van der Waals surface area contributed by atoms with E-state index in [2.05, 4.69) is 15.3 Å². The van der Waals surface area contributed by atoms with Gasteiger partial charge in [-0.3, -0.25) is 0 Å². The molecule has 1 aromatic heterocycles. The number of hydrogen-bond acceptors (Lipinski definition) is 3. The second-order valence-corrected chi connectivity index (χ2v) is 4.94. The molecule has 1 aliphatic rings. The normalized spacial score (nSPS) is 18.7. The Labute approximate surface area is 115 Å². The molecule has 4 nitrogen and oxygen atoms in total. The smallest absolute Gasteiger partial charge is 0.149 e. The molecule has 0 spiro atoms. The van der Waals surface area contributed by atoms with Crippen LogP contribution in [0.15, 0.2) is 30.6 Å². The maximum atomic E-state index is 13.7. The highest BCUT2D eigenvalue weighted by Crippen LogP contribution is 2.24. The molecule has 0 saturated carbocycles. The van der Waals surface area contributed by atoms with Crippen LogP contribution in [0.1, 0.15) is 12.2 Å². The minimum absolute atomic E-state index is 0.282. The summed E-state index contributed by atoms with van der Waals surface area (Å²) < 4.78 is 26.6. The Hall–Kier alpha value is -1.95. The van der Waals surface area contributed by atoms with Crippen molar-refractivity contribution in [3.05, 3.63) is 48.1 Å². The minimum Gasteiger partial charge on any atom is -0.368 e. The first-order valence-electron chi connectivity index (χ1n) is 6.64. The first kappa shape index (κ1) is 13.1. The number of nitrogens with zero attached hydrogens (tertiary/aromatic N) is 2. The van der Waals surface area contributed by atoms with Crippen molar-refractivity contribution in [3.63, 3.8) is 0 Å². The quantitative estimate of drug-likeness (QED) is 0.899. The lowest BCUT2D eigenvalue weighted by Gasteiger charge is -2.19. The molecule has 2 N–H and O–H groups in total. The van der Waals surface area contributed by atoms with Gasteiger partial charge in [0.05, 0.1) is 12.2 Å². The van der Waals surface area contributed by atoms with E-state index < -0.39 is 11.6 Å². The average molecular weight is 278 g/mol. The van der Waals surface area contributed by atoms with Crippen LogP contribution in [0.5, 0.6) is 0 Å². The van der Waals surface area contributed by atoms with Gasteiger partial charge in [-0.05, 0) is 18.6 Å². The van der Waals surface area contributed by atoms with Gasteiger partial charge in [0.15, 0.2) is 0 Å². The Morgan fingerprint density at radius 1 is 1.40 bits per heavy atom. The molecule has 20 heavy (non-hydrogen) atoms. The molecule has 1 aliphatic heterocycles. The standard InChI is InChI=1S/C14H16F2N4/c15-10-1-2-13(12(16)7-10)20-6-3-11(9-20)19-8-14-17-4-5-18-14/h1-2,4-5,7,11,19H,3,6,8-9H2,(H,17,18)/t11-/m1/s1. The zero-order chi connectivity index (χ0) is 13.9. The van der Waals surface area contributed by atoms with Gasteiger partial charge in [0, 0.05) is 37.6 Å². The van der Waals surface area contributed by atoms with Crippen LogP contribution in [-0.2, 0) is 6.54 Å². The van der Waals surface area contributed by atoms with E-state index in [4.69, 9.17) is 0 Å². The first-order chi connectivity index (χ1) is 9.72. The summed E-state index contributed by atoms with van der Waals surface area (Å²) in [6.07, 6.45) is 4.43. The van der Waals surface area contributed by atoms with Crippen LogP contribution >= 0.6 is 0 Å². The van der Waals surface area contributed by atoms with E-state index in [1.807, 2.05) is 4.90 Å². The molecule has 0 aliphatic carbocycles. The molecule has 106 valence electrons. The highest BCUT2D eigenvalue weighted by molar-refractivity contribution is 5.49. The summed E-state index contributed by atoms with van der Waals surface area (Å²) in [5, 5.41) is 3.38. The van der Waals surface area contributed by atoms with Gasteiger partial charge in [-0.25, -0.2) is 13.8 Å². The Bertz CT molecular complexity index is 571. The van der Waals surface area contributed by atoms with Crippen LogP contribution in [0.25, 0.3) is 0 Å². The summed E-state index contributed by atoms with van der Waals surface area (Å²) in [6, 6.07) is 4.00. The molecule has 1 saturated heterocycles. The highest BCUT2D eigenvalue weighted by Gasteiger charge is 2.24. The van der Waals surface area contributed by atoms with Crippen molar-refractivity contribution in [1.29, 1.82) is 0 Å². The average Bonchev–Trinajstić information content (AvgIpc) is 3.07. The predicted octanol–water partition coefficient (Wildman–Crippen LogP) is 2.06. The van der Waals surface area contributed by atoms with Gasteiger partial charge in [-0.1, -0.05) is 0 Å². The number of hydrogen-bond donors (Lipinski definition) is 2. The zero-order valence-corrected chi connectivity index (χ0v) is 10.9. The number of aromatic nitrogens is 2. The topological polar surface area (TPSA) is 44.0 Å². The fourth-order valence-corrected chi connectivity index (χ4v) is 2.52. The summed E-state index contributed by atoms with van der Waals surface area (Å²) in [5.41, 5.74) is 0.466. The summed E-state index contributed by atoms with van der Waals surface area (Å²) in [7, 11) is 0. The zero-order valence-electron chi connectivity index (χ0n) is 10.9. The minimum atomic E-state index is -0.544. The number of rotatable bonds is 4.